The lowest BCUT2D eigenvalue weighted by Gasteiger charge is -2.17. The van der Waals surface area contributed by atoms with Crippen LogP contribution in [0.5, 0.6) is 0 Å². The first-order valence-corrected chi connectivity index (χ1v) is 7.30. The van der Waals surface area contributed by atoms with Crippen molar-refractivity contribution in [2.24, 2.45) is 10.8 Å². The third-order valence-corrected chi connectivity index (χ3v) is 3.15. The molecule has 0 unspecified atom stereocenters. The second kappa shape index (κ2) is 7.01. The molecule has 0 heterocycles. The molecule has 0 rings (SSSR count). The van der Waals surface area contributed by atoms with Gasteiger partial charge in [0.15, 0.2) is 11.6 Å². The molecule has 0 aromatic carbocycles. The molecule has 0 atom stereocenters. The number of hydrogen-bond donors (Lipinski definition) is 0. The average molecular weight is 278 g/mol. The Hall–Kier alpha value is -1.18. The lowest BCUT2D eigenvalue weighted by molar-refractivity contribution is -0.123. The quantitative estimate of drug-likeness (QED) is 0.530. The highest BCUT2D eigenvalue weighted by Crippen LogP contribution is 2.21. The molecule has 0 aliphatic rings. The highest BCUT2D eigenvalue weighted by atomic mass is 16.1. The fraction of sp³-hybridized carbons (Fsp3) is 0.667. The maximum absolute atomic E-state index is 12.0. The monoisotopic (exact) mass is 278 g/mol. The van der Waals surface area contributed by atoms with Gasteiger partial charge in [0.1, 0.15) is 0 Å². The van der Waals surface area contributed by atoms with Gasteiger partial charge in [0.2, 0.25) is 0 Å². The number of carbonyl (C=O) groups excluding carboxylic acids is 2. The van der Waals surface area contributed by atoms with Crippen molar-refractivity contribution in [3.05, 3.63) is 23.3 Å². The first kappa shape index (κ1) is 18.8. The van der Waals surface area contributed by atoms with Gasteiger partial charge >= 0.3 is 0 Å². The van der Waals surface area contributed by atoms with Gasteiger partial charge in [0, 0.05) is 10.8 Å². The molecule has 0 aliphatic carbocycles. The molecule has 20 heavy (non-hydrogen) atoms. The van der Waals surface area contributed by atoms with E-state index in [1.807, 2.05) is 67.5 Å². The minimum Gasteiger partial charge on any atom is -0.294 e. The molecular formula is C18H30O2. The summed E-state index contributed by atoms with van der Waals surface area (Å²) >= 11 is 0. The molecular weight excluding hydrogens is 248 g/mol. The van der Waals surface area contributed by atoms with Gasteiger partial charge in [-0.15, -0.1) is 0 Å². The molecule has 0 aromatic rings. The number of carbonyl (C=O) groups is 2. The van der Waals surface area contributed by atoms with Crippen LogP contribution in [0.4, 0.5) is 0 Å². The van der Waals surface area contributed by atoms with Crippen LogP contribution < -0.4 is 0 Å². The number of Topliss-reactive ketones (excluding diaryl/α,β-unsaturated/α-hetero) is 2. The Labute approximate surface area is 124 Å². The highest BCUT2D eigenvalue weighted by molar-refractivity contribution is 5.99. The van der Waals surface area contributed by atoms with E-state index in [-0.39, 0.29) is 22.4 Å². The largest absolute Gasteiger partial charge is 0.294 e. The molecule has 0 aromatic heterocycles. The van der Waals surface area contributed by atoms with Crippen molar-refractivity contribution >= 4 is 11.6 Å². The minimum absolute atomic E-state index is 0.184. The maximum Gasteiger partial charge on any atom is 0.163 e. The van der Waals surface area contributed by atoms with E-state index in [1.165, 1.54) is 0 Å². The second-order valence-electron chi connectivity index (χ2n) is 7.51. The standard InChI is InChI=1S/C18H30O2/c1-13(15(19)17(3,4)5)11-9-10-12-14(2)16(20)18(6,7)8/h11-12H,9-10H2,1-8H3. The van der Waals surface area contributed by atoms with Gasteiger partial charge in [-0.3, -0.25) is 9.59 Å². The van der Waals surface area contributed by atoms with Crippen LogP contribution in [0.1, 0.15) is 68.2 Å². The van der Waals surface area contributed by atoms with Gasteiger partial charge in [-0.2, -0.15) is 0 Å². The molecule has 0 spiro atoms. The van der Waals surface area contributed by atoms with E-state index in [4.69, 9.17) is 0 Å². The summed E-state index contributed by atoms with van der Waals surface area (Å²) in [5.41, 5.74) is 0.972. The van der Waals surface area contributed by atoms with E-state index in [9.17, 15) is 9.59 Å². The molecule has 0 aliphatic heterocycles. The predicted molar refractivity (Wildman–Crippen MR) is 85.7 cm³/mol. The molecule has 2 nitrogen and oxygen atoms in total. The number of rotatable bonds is 5. The molecule has 114 valence electrons. The summed E-state index contributed by atoms with van der Waals surface area (Å²) in [6.07, 6.45) is 5.53. The van der Waals surface area contributed by atoms with Crippen molar-refractivity contribution in [3.63, 3.8) is 0 Å². The Morgan fingerprint density at radius 1 is 0.700 bits per heavy atom. The number of unbranched alkanes of at least 4 members (excludes halogenated alkanes) is 1. The fourth-order valence-electron chi connectivity index (χ4n) is 1.97. The number of hydrogen-bond acceptors (Lipinski definition) is 2. The van der Waals surface area contributed by atoms with Crippen LogP contribution in [-0.2, 0) is 9.59 Å². The molecule has 0 saturated carbocycles. The van der Waals surface area contributed by atoms with Crippen molar-refractivity contribution < 1.29 is 9.59 Å². The van der Waals surface area contributed by atoms with Crippen LogP contribution >= 0.6 is 0 Å². The Kier molecular flexibility index (Phi) is 6.60. The lowest BCUT2D eigenvalue weighted by atomic mass is 9.86. The Balaban J connectivity index is 4.53. The van der Waals surface area contributed by atoms with Gasteiger partial charge in [-0.1, -0.05) is 53.7 Å². The highest BCUT2D eigenvalue weighted by Gasteiger charge is 2.23. The zero-order valence-corrected chi connectivity index (χ0v) is 14.4. The summed E-state index contributed by atoms with van der Waals surface area (Å²) in [6.45, 7) is 15.3. The van der Waals surface area contributed by atoms with Crippen LogP contribution in [0.2, 0.25) is 0 Å². The van der Waals surface area contributed by atoms with E-state index < -0.39 is 0 Å². The van der Waals surface area contributed by atoms with Crippen LogP contribution in [0, 0.1) is 10.8 Å². The van der Waals surface area contributed by atoms with E-state index in [0.29, 0.717) is 0 Å². The molecule has 0 fully saturated rings. The van der Waals surface area contributed by atoms with Crippen LogP contribution in [0.15, 0.2) is 23.3 Å². The van der Waals surface area contributed by atoms with Gasteiger partial charge < -0.3 is 0 Å². The summed E-state index contributed by atoms with van der Waals surface area (Å²) < 4.78 is 0. The second-order valence-corrected chi connectivity index (χ2v) is 7.51. The maximum atomic E-state index is 12.0. The number of allylic oxidation sites excluding steroid dienone is 4. The first-order chi connectivity index (χ1) is 8.87. The Bertz CT molecular complexity index is 381. The smallest absolute Gasteiger partial charge is 0.163 e. The summed E-state index contributed by atoms with van der Waals surface area (Å²) in [5.74, 6) is 0.368. The van der Waals surface area contributed by atoms with Crippen molar-refractivity contribution in [1.82, 2.24) is 0 Å². The van der Waals surface area contributed by atoms with Gasteiger partial charge in [0.05, 0.1) is 0 Å². The summed E-state index contributed by atoms with van der Waals surface area (Å²) in [5, 5.41) is 0. The fourth-order valence-corrected chi connectivity index (χ4v) is 1.97. The van der Waals surface area contributed by atoms with Crippen LogP contribution in [-0.4, -0.2) is 11.6 Å². The van der Waals surface area contributed by atoms with E-state index in [0.717, 1.165) is 24.0 Å². The summed E-state index contributed by atoms with van der Waals surface area (Å²) in [6, 6.07) is 0. The topological polar surface area (TPSA) is 34.1 Å². The van der Waals surface area contributed by atoms with Crippen molar-refractivity contribution in [3.8, 4) is 0 Å². The Morgan fingerprint density at radius 3 is 1.15 bits per heavy atom. The van der Waals surface area contributed by atoms with E-state index >= 15 is 0 Å². The predicted octanol–water partition coefficient (Wildman–Crippen LogP) is 4.89. The van der Waals surface area contributed by atoms with Crippen LogP contribution in [0.25, 0.3) is 0 Å². The van der Waals surface area contributed by atoms with E-state index in [2.05, 4.69) is 0 Å². The normalized spacial score (nSPS) is 14.4. The summed E-state index contributed by atoms with van der Waals surface area (Å²) in [7, 11) is 0. The van der Waals surface area contributed by atoms with Gasteiger partial charge in [-0.05, 0) is 37.8 Å². The molecule has 0 N–H and O–H groups in total. The summed E-state index contributed by atoms with van der Waals surface area (Å²) in [4.78, 5) is 24.0. The Morgan fingerprint density at radius 2 is 0.950 bits per heavy atom. The van der Waals surface area contributed by atoms with Crippen LogP contribution in [0.3, 0.4) is 0 Å². The molecule has 0 saturated heterocycles. The van der Waals surface area contributed by atoms with Gasteiger partial charge in [0.25, 0.3) is 0 Å². The molecule has 0 radical (unpaired) electrons. The SMILES string of the molecule is CC(=CCCC=C(C)C(=O)C(C)(C)C)C(=O)C(C)(C)C. The van der Waals surface area contributed by atoms with Gasteiger partial charge in [-0.25, -0.2) is 0 Å². The first-order valence-electron chi connectivity index (χ1n) is 7.30. The van der Waals surface area contributed by atoms with Crippen molar-refractivity contribution in [2.75, 3.05) is 0 Å². The molecule has 0 amide bonds. The minimum atomic E-state index is -0.325. The third kappa shape index (κ3) is 6.31. The lowest BCUT2D eigenvalue weighted by Crippen LogP contribution is -2.21. The molecule has 2 heteroatoms. The molecule has 0 bridgehead atoms. The average Bonchev–Trinajstić information content (AvgIpc) is 2.29. The van der Waals surface area contributed by atoms with Crippen molar-refractivity contribution in [1.29, 1.82) is 0 Å². The number of ketones is 2. The third-order valence-electron chi connectivity index (χ3n) is 3.15. The zero-order chi connectivity index (χ0) is 16.1. The zero-order valence-electron chi connectivity index (χ0n) is 14.4. The van der Waals surface area contributed by atoms with E-state index in [1.54, 1.807) is 0 Å². The van der Waals surface area contributed by atoms with Crippen molar-refractivity contribution in [2.45, 2.75) is 68.2 Å².